The van der Waals surface area contributed by atoms with Gasteiger partial charge < -0.3 is 4.74 Å². The van der Waals surface area contributed by atoms with Crippen LogP contribution in [0.3, 0.4) is 0 Å². The second-order valence-corrected chi connectivity index (χ2v) is 4.90. The number of rotatable bonds is 3. The van der Waals surface area contributed by atoms with Crippen molar-refractivity contribution in [2.24, 2.45) is 0 Å². The van der Waals surface area contributed by atoms with E-state index in [-0.39, 0.29) is 18.2 Å². The van der Waals surface area contributed by atoms with E-state index in [9.17, 15) is 14.4 Å². The minimum Gasteiger partial charge on any atom is -0.458 e. The van der Waals surface area contributed by atoms with Crippen LogP contribution in [0.15, 0.2) is 55.1 Å². The summed E-state index contributed by atoms with van der Waals surface area (Å²) in [4.78, 5) is 36.0. The Kier molecular flexibility index (Phi) is 3.43. The van der Waals surface area contributed by atoms with Crippen LogP contribution in [0.25, 0.3) is 0 Å². The highest BCUT2D eigenvalue weighted by Gasteiger charge is 2.29. The SMILES string of the molecule is C=CC(=O)OCc1ccc2c(c1)C(=O)c1ccccc1C2=O. The molecule has 0 heterocycles. The molecule has 22 heavy (non-hydrogen) atoms. The van der Waals surface area contributed by atoms with Crippen LogP contribution in [0.2, 0.25) is 0 Å². The summed E-state index contributed by atoms with van der Waals surface area (Å²) in [6.45, 7) is 3.35. The Morgan fingerprint density at radius 2 is 1.55 bits per heavy atom. The zero-order valence-electron chi connectivity index (χ0n) is 11.7. The lowest BCUT2D eigenvalue weighted by Gasteiger charge is -2.17. The molecule has 0 spiro atoms. The van der Waals surface area contributed by atoms with E-state index in [4.69, 9.17) is 4.74 Å². The van der Waals surface area contributed by atoms with Gasteiger partial charge in [-0.25, -0.2) is 4.79 Å². The van der Waals surface area contributed by atoms with Crippen LogP contribution in [-0.4, -0.2) is 17.5 Å². The fourth-order valence-electron chi connectivity index (χ4n) is 2.45. The molecule has 2 aromatic carbocycles. The number of carbonyl (C=O) groups excluding carboxylic acids is 3. The van der Waals surface area contributed by atoms with Crippen molar-refractivity contribution in [3.05, 3.63) is 82.9 Å². The molecule has 0 N–H and O–H groups in total. The lowest BCUT2D eigenvalue weighted by atomic mass is 9.83. The third-order valence-corrected chi connectivity index (χ3v) is 3.54. The minimum atomic E-state index is -0.537. The van der Waals surface area contributed by atoms with Gasteiger partial charge in [-0.1, -0.05) is 36.9 Å². The Morgan fingerprint density at radius 1 is 0.955 bits per heavy atom. The van der Waals surface area contributed by atoms with E-state index in [1.165, 1.54) is 0 Å². The van der Waals surface area contributed by atoms with E-state index in [2.05, 4.69) is 6.58 Å². The van der Waals surface area contributed by atoms with Crippen LogP contribution >= 0.6 is 0 Å². The molecule has 1 aliphatic rings. The number of ether oxygens (including phenoxy) is 1. The maximum atomic E-state index is 12.5. The molecule has 0 bridgehead atoms. The summed E-state index contributed by atoms with van der Waals surface area (Å²) in [6.07, 6.45) is 1.07. The molecule has 0 aromatic heterocycles. The van der Waals surface area contributed by atoms with Crippen LogP contribution in [0.4, 0.5) is 0 Å². The van der Waals surface area contributed by atoms with Crippen LogP contribution < -0.4 is 0 Å². The number of fused-ring (bicyclic) bond motifs is 2. The lowest BCUT2D eigenvalue weighted by molar-refractivity contribution is -0.138. The molecule has 3 rings (SSSR count). The highest BCUT2D eigenvalue weighted by Crippen LogP contribution is 2.27. The Labute approximate surface area is 127 Å². The molecule has 0 saturated carbocycles. The molecule has 0 fully saturated rings. The third-order valence-electron chi connectivity index (χ3n) is 3.54. The van der Waals surface area contributed by atoms with Crippen molar-refractivity contribution in [2.75, 3.05) is 0 Å². The monoisotopic (exact) mass is 292 g/mol. The zero-order valence-corrected chi connectivity index (χ0v) is 11.7. The molecule has 1 aliphatic carbocycles. The third kappa shape index (κ3) is 2.24. The quantitative estimate of drug-likeness (QED) is 0.550. The second-order valence-electron chi connectivity index (χ2n) is 4.90. The van der Waals surface area contributed by atoms with Crippen molar-refractivity contribution in [2.45, 2.75) is 6.61 Å². The summed E-state index contributed by atoms with van der Waals surface area (Å²) in [5, 5.41) is 0. The minimum absolute atomic E-state index is 0.0290. The highest BCUT2D eigenvalue weighted by atomic mass is 16.5. The van der Waals surface area contributed by atoms with Gasteiger partial charge in [0.1, 0.15) is 6.61 Å². The second kappa shape index (κ2) is 5.41. The molecule has 0 unspecified atom stereocenters. The highest BCUT2D eigenvalue weighted by molar-refractivity contribution is 6.28. The molecule has 0 aliphatic heterocycles. The first-order valence-electron chi connectivity index (χ1n) is 6.72. The summed E-state index contributed by atoms with van der Waals surface area (Å²) < 4.78 is 4.95. The van der Waals surface area contributed by atoms with Crippen LogP contribution in [-0.2, 0) is 16.1 Å². The molecule has 108 valence electrons. The number of hydrogen-bond donors (Lipinski definition) is 0. The summed E-state index contributed by atoms with van der Waals surface area (Å²) in [5.41, 5.74) is 2.19. The first-order valence-corrected chi connectivity index (χ1v) is 6.72. The number of hydrogen-bond acceptors (Lipinski definition) is 4. The van der Waals surface area contributed by atoms with Gasteiger partial charge in [0.2, 0.25) is 0 Å². The topological polar surface area (TPSA) is 60.4 Å². The van der Waals surface area contributed by atoms with Crippen molar-refractivity contribution in [3.63, 3.8) is 0 Å². The summed E-state index contributed by atoms with van der Waals surface area (Å²) in [7, 11) is 0. The predicted molar refractivity (Wildman–Crippen MR) is 79.7 cm³/mol. The van der Waals surface area contributed by atoms with Crippen molar-refractivity contribution >= 4 is 17.5 Å². The van der Waals surface area contributed by atoms with Gasteiger partial charge in [-0.3, -0.25) is 9.59 Å². The van der Waals surface area contributed by atoms with Gasteiger partial charge >= 0.3 is 5.97 Å². The molecule has 0 atom stereocenters. The van der Waals surface area contributed by atoms with Gasteiger partial charge in [0.15, 0.2) is 11.6 Å². The van der Waals surface area contributed by atoms with Crippen molar-refractivity contribution in [1.82, 2.24) is 0 Å². The van der Waals surface area contributed by atoms with Crippen molar-refractivity contribution in [3.8, 4) is 0 Å². The van der Waals surface area contributed by atoms with Gasteiger partial charge in [0.05, 0.1) is 0 Å². The van der Waals surface area contributed by atoms with E-state index in [1.54, 1.807) is 42.5 Å². The first-order chi connectivity index (χ1) is 10.6. The van der Waals surface area contributed by atoms with Gasteiger partial charge in [-0.15, -0.1) is 0 Å². The average Bonchev–Trinajstić information content (AvgIpc) is 2.57. The zero-order chi connectivity index (χ0) is 15.7. The van der Waals surface area contributed by atoms with Gasteiger partial charge in [-0.2, -0.15) is 0 Å². The molecular weight excluding hydrogens is 280 g/mol. The molecule has 4 nitrogen and oxygen atoms in total. The molecule has 0 radical (unpaired) electrons. The van der Waals surface area contributed by atoms with Crippen LogP contribution in [0, 0.1) is 0 Å². The van der Waals surface area contributed by atoms with Gasteiger partial charge in [-0.05, 0) is 17.7 Å². The Hall–Kier alpha value is -3.01. The van der Waals surface area contributed by atoms with Crippen molar-refractivity contribution < 1.29 is 19.1 Å². The summed E-state index contributed by atoms with van der Waals surface area (Å²) in [5.74, 6) is -0.896. The number of carbonyl (C=O) groups is 3. The molecule has 2 aromatic rings. The summed E-state index contributed by atoms with van der Waals surface area (Å²) in [6, 6.07) is 11.6. The van der Waals surface area contributed by atoms with E-state index < -0.39 is 5.97 Å². The van der Waals surface area contributed by atoms with Crippen molar-refractivity contribution in [1.29, 1.82) is 0 Å². The Balaban J connectivity index is 1.99. The normalized spacial score (nSPS) is 12.4. The smallest absolute Gasteiger partial charge is 0.330 e. The number of esters is 1. The number of benzene rings is 2. The molecule has 0 amide bonds. The maximum Gasteiger partial charge on any atom is 0.330 e. The predicted octanol–water partition coefficient (Wildman–Crippen LogP) is 2.69. The fourth-order valence-corrected chi connectivity index (χ4v) is 2.45. The number of ketones is 2. The lowest BCUT2D eigenvalue weighted by Crippen LogP contribution is -2.21. The van der Waals surface area contributed by atoms with E-state index >= 15 is 0 Å². The Morgan fingerprint density at radius 3 is 2.18 bits per heavy atom. The molecular formula is C18H12O4. The van der Waals surface area contributed by atoms with E-state index in [1.807, 2.05) is 0 Å². The van der Waals surface area contributed by atoms with Crippen LogP contribution in [0.5, 0.6) is 0 Å². The van der Waals surface area contributed by atoms with Crippen LogP contribution in [0.1, 0.15) is 37.4 Å². The van der Waals surface area contributed by atoms with E-state index in [0.29, 0.717) is 27.8 Å². The van der Waals surface area contributed by atoms with Gasteiger partial charge in [0.25, 0.3) is 0 Å². The van der Waals surface area contributed by atoms with Gasteiger partial charge in [0, 0.05) is 28.3 Å². The Bertz CT molecular complexity index is 818. The molecule has 0 saturated heterocycles. The standard InChI is InChI=1S/C18H12O4/c1-2-16(19)22-10-11-7-8-14-15(9-11)18(21)13-6-4-3-5-12(13)17(14)20/h2-9H,1,10H2. The average molecular weight is 292 g/mol. The largest absolute Gasteiger partial charge is 0.458 e. The first kappa shape index (κ1) is 13.9. The molecule has 4 heteroatoms. The fraction of sp³-hybridized carbons (Fsp3) is 0.0556. The maximum absolute atomic E-state index is 12.5. The summed E-state index contributed by atoms with van der Waals surface area (Å²) >= 11 is 0. The van der Waals surface area contributed by atoms with E-state index in [0.717, 1.165) is 6.08 Å².